The van der Waals surface area contributed by atoms with E-state index in [0.717, 1.165) is 22.7 Å². The Bertz CT molecular complexity index is 3660. The summed E-state index contributed by atoms with van der Waals surface area (Å²) in [6.45, 7) is 0. The lowest BCUT2D eigenvalue weighted by molar-refractivity contribution is 0.881. The number of anilines is 3. The van der Waals surface area contributed by atoms with Gasteiger partial charge in [0.25, 0.3) is 0 Å². The van der Waals surface area contributed by atoms with Crippen molar-refractivity contribution in [2.75, 3.05) is 4.90 Å². The van der Waals surface area contributed by atoms with Crippen LogP contribution < -0.4 is 4.90 Å². The van der Waals surface area contributed by atoms with E-state index in [9.17, 15) is 0 Å². The fraction of sp³-hybridized carbons (Fsp3) is 0.0588. The number of thioether (sulfide) groups is 2. The van der Waals surface area contributed by atoms with Gasteiger partial charge in [-0.1, -0.05) is 206 Å². The third-order valence-electron chi connectivity index (χ3n) is 14.9. The van der Waals surface area contributed by atoms with E-state index < -0.39 is 0 Å². The first kappa shape index (κ1) is 42.8. The number of rotatable bonds is 9. The van der Waals surface area contributed by atoms with E-state index in [-0.39, 0.29) is 0 Å². The highest BCUT2D eigenvalue weighted by Gasteiger charge is 2.34. The Balaban J connectivity index is 0.861. The van der Waals surface area contributed by atoms with Gasteiger partial charge in [-0.05, 0) is 116 Å². The van der Waals surface area contributed by atoms with E-state index in [0.29, 0.717) is 22.3 Å². The van der Waals surface area contributed by atoms with Crippen molar-refractivity contribution in [1.29, 1.82) is 0 Å². The van der Waals surface area contributed by atoms with Crippen LogP contribution in [0.5, 0.6) is 0 Å². The van der Waals surface area contributed by atoms with E-state index in [1.165, 1.54) is 87.6 Å². The van der Waals surface area contributed by atoms with Gasteiger partial charge >= 0.3 is 0 Å². The summed E-state index contributed by atoms with van der Waals surface area (Å²) in [6.07, 6.45) is 18.2. The maximum Gasteiger partial charge on any atom is 0.0619 e. The third-order valence-corrected chi connectivity index (χ3v) is 17.7. The molecule has 0 amide bonds. The quantitative estimate of drug-likeness (QED) is 0.143. The molecule has 1 aromatic heterocycles. The molecule has 0 N–H and O–H groups in total. The van der Waals surface area contributed by atoms with Crippen molar-refractivity contribution in [1.82, 2.24) is 4.57 Å². The topological polar surface area (TPSA) is 8.17 Å². The van der Waals surface area contributed by atoms with E-state index in [4.69, 9.17) is 0 Å². The first-order valence-electron chi connectivity index (χ1n) is 25.0. The molecule has 0 fully saturated rings. The zero-order valence-electron chi connectivity index (χ0n) is 39.4. The molecule has 4 atom stereocenters. The first-order chi connectivity index (χ1) is 35.7. The van der Waals surface area contributed by atoms with E-state index in [2.05, 4.69) is 276 Å². The zero-order valence-corrected chi connectivity index (χ0v) is 41.1. The molecular weight excluding hydrogens is 909 g/mol. The SMILES string of the molecule is C1=CC2Sc3c(-c4ccc(N(c5ccc(-c6ccc7c(c6)c(-c6ccccc6)c(-c6ccccc6)n7-c6ccccc6)cc5)c5ccc(-c6cccc7c6SC6C=CC=CC76)cc5)cc4)cccc3C2C=C1. The van der Waals surface area contributed by atoms with Crippen molar-refractivity contribution in [3.05, 3.63) is 278 Å². The van der Waals surface area contributed by atoms with Gasteiger partial charge in [0, 0.05) is 65.8 Å². The van der Waals surface area contributed by atoms with E-state index >= 15 is 0 Å². The van der Waals surface area contributed by atoms with Crippen molar-refractivity contribution in [2.45, 2.75) is 32.1 Å². The summed E-state index contributed by atoms with van der Waals surface area (Å²) in [6, 6.07) is 80.7. The number of para-hydroxylation sites is 1. The minimum absolute atomic E-state index is 0.430. The second kappa shape index (κ2) is 18.0. The Morgan fingerprint density at radius 2 is 0.819 bits per heavy atom. The van der Waals surface area contributed by atoms with Crippen LogP contribution in [0.25, 0.3) is 72.4 Å². The van der Waals surface area contributed by atoms with Gasteiger partial charge in [-0.25, -0.2) is 0 Å². The summed E-state index contributed by atoms with van der Waals surface area (Å²) in [5.41, 5.74) is 20.7. The Labute approximate surface area is 430 Å². The predicted octanol–water partition coefficient (Wildman–Crippen LogP) is 18.8. The second-order valence-electron chi connectivity index (χ2n) is 19.0. The molecular formula is C68H48N2S2. The summed E-state index contributed by atoms with van der Waals surface area (Å²) in [5, 5.41) is 2.13. The smallest absolute Gasteiger partial charge is 0.0619 e. The molecule has 10 aromatic rings. The van der Waals surface area contributed by atoms with Crippen LogP contribution in [0.15, 0.2) is 277 Å². The molecule has 14 rings (SSSR count). The highest BCUT2D eigenvalue weighted by molar-refractivity contribution is 8.00. The highest BCUT2D eigenvalue weighted by atomic mass is 32.2. The van der Waals surface area contributed by atoms with Gasteiger partial charge in [0.15, 0.2) is 0 Å². The number of hydrogen-bond donors (Lipinski definition) is 0. The van der Waals surface area contributed by atoms with E-state index in [1.807, 2.05) is 23.5 Å². The van der Waals surface area contributed by atoms with Crippen LogP contribution >= 0.6 is 23.5 Å². The number of aromatic nitrogens is 1. The van der Waals surface area contributed by atoms with Gasteiger partial charge in [-0.15, -0.1) is 23.5 Å². The maximum atomic E-state index is 2.43. The van der Waals surface area contributed by atoms with Crippen LogP contribution in [0.2, 0.25) is 0 Å². The lowest BCUT2D eigenvalue weighted by atomic mass is 9.90. The molecule has 0 saturated heterocycles. The highest BCUT2D eigenvalue weighted by Crippen LogP contribution is 2.54. The molecule has 4 unspecified atom stereocenters. The van der Waals surface area contributed by atoms with Gasteiger partial charge in [-0.2, -0.15) is 0 Å². The average Bonchev–Trinajstić information content (AvgIpc) is 4.15. The minimum Gasteiger partial charge on any atom is -0.311 e. The number of nitrogens with zero attached hydrogens (tertiary/aromatic N) is 2. The monoisotopic (exact) mass is 956 g/mol. The van der Waals surface area contributed by atoms with Crippen molar-refractivity contribution < 1.29 is 0 Å². The first-order valence-corrected chi connectivity index (χ1v) is 26.7. The lowest BCUT2D eigenvalue weighted by Gasteiger charge is -2.26. The number of benzene rings is 9. The Hall–Kier alpha value is -8.02. The van der Waals surface area contributed by atoms with Crippen LogP contribution in [0.3, 0.4) is 0 Å². The lowest BCUT2D eigenvalue weighted by Crippen LogP contribution is -2.09. The predicted molar refractivity (Wildman–Crippen MR) is 306 cm³/mol. The molecule has 2 nitrogen and oxygen atoms in total. The largest absolute Gasteiger partial charge is 0.311 e. The van der Waals surface area contributed by atoms with Gasteiger partial charge in [-0.3, -0.25) is 0 Å². The molecule has 0 saturated carbocycles. The van der Waals surface area contributed by atoms with Crippen LogP contribution in [0.4, 0.5) is 17.1 Å². The van der Waals surface area contributed by atoms with Crippen LogP contribution in [0, 0.1) is 0 Å². The van der Waals surface area contributed by atoms with Crippen LogP contribution in [0.1, 0.15) is 23.0 Å². The van der Waals surface area contributed by atoms with Crippen molar-refractivity contribution in [3.63, 3.8) is 0 Å². The fourth-order valence-electron chi connectivity index (χ4n) is 11.5. The van der Waals surface area contributed by atoms with Crippen molar-refractivity contribution >= 4 is 51.5 Å². The average molecular weight is 957 g/mol. The van der Waals surface area contributed by atoms with Gasteiger partial charge < -0.3 is 9.47 Å². The van der Waals surface area contributed by atoms with Crippen LogP contribution in [-0.4, -0.2) is 15.1 Å². The fourth-order valence-corrected chi connectivity index (χ4v) is 14.5. The maximum absolute atomic E-state index is 2.43. The molecule has 4 heteroatoms. The normalized spacial score (nSPS) is 17.9. The molecule has 3 heterocycles. The zero-order chi connectivity index (χ0) is 47.5. The van der Waals surface area contributed by atoms with Crippen molar-refractivity contribution in [2.24, 2.45) is 0 Å². The standard InChI is InChI=1S/C68H48N2S2/c1-4-16-48(17-5-1)65-61-44-50(36-43-62(61)70(51-20-8-3-9-21-51)66(65)49-18-6-2-7-19-49)45-30-37-52(38-31-45)69(53-39-32-46(33-40-53)55-24-14-26-59-57-22-10-12-28-63(57)71-67(55)59)54-41-34-47(35-42-54)56-25-15-27-60-58-23-11-13-29-64(58)72-68(56)60/h1-44,57-58,63-64H. The summed E-state index contributed by atoms with van der Waals surface area (Å²) < 4.78 is 2.43. The molecule has 342 valence electrons. The number of fused-ring (bicyclic) bond motifs is 7. The second-order valence-corrected chi connectivity index (χ2v) is 21.4. The molecule has 0 spiro atoms. The number of allylic oxidation sites excluding steroid dienone is 6. The Morgan fingerprint density at radius 3 is 1.35 bits per heavy atom. The minimum atomic E-state index is 0.430. The van der Waals surface area contributed by atoms with Gasteiger partial charge in [0.2, 0.25) is 0 Å². The molecule has 2 aliphatic carbocycles. The molecule has 2 aliphatic heterocycles. The Morgan fingerprint density at radius 1 is 0.361 bits per heavy atom. The molecule has 9 aromatic carbocycles. The summed E-state index contributed by atoms with van der Waals surface area (Å²) >= 11 is 4.00. The van der Waals surface area contributed by atoms with Gasteiger partial charge in [0.1, 0.15) is 0 Å². The van der Waals surface area contributed by atoms with Gasteiger partial charge in [0.05, 0.1) is 11.2 Å². The third kappa shape index (κ3) is 7.36. The summed E-state index contributed by atoms with van der Waals surface area (Å²) in [5.74, 6) is 0.859. The van der Waals surface area contributed by atoms with Crippen molar-refractivity contribution in [3.8, 4) is 61.5 Å². The molecule has 0 radical (unpaired) electrons. The van der Waals surface area contributed by atoms with Crippen LogP contribution in [-0.2, 0) is 0 Å². The van der Waals surface area contributed by atoms with E-state index in [1.54, 1.807) is 0 Å². The molecule has 0 bridgehead atoms. The summed E-state index contributed by atoms with van der Waals surface area (Å²) in [7, 11) is 0. The molecule has 4 aliphatic rings. The Kier molecular flexibility index (Phi) is 10.7. The molecule has 72 heavy (non-hydrogen) atoms. The summed E-state index contributed by atoms with van der Waals surface area (Å²) in [4.78, 5) is 5.21. The number of hydrogen-bond acceptors (Lipinski definition) is 3.